The molecule has 1 N–H and O–H groups in total. The summed E-state index contributed by atoms with van der Waals surface area (Å²) in [5, 5.41) is 3.52. The summed E-state index contributed by atoms with van der Waals surface area (Å²) in [6.07, 6.45) is 2.65. The first-order valence-electron chi connectivity index (χ1n) is 7.37. The van der Waals surface area contributed by atoms with E-state index in [1.54, 1.807) is 13.4 Å². The number of ether oxygens (including phenoxy) is 1. The molecule has 0 saturated heterocycles. The molecule has 2 aromatic rings. The van der Waals surface area contributed by atoms with Gasteiger partial charge >= 0.3 is 0 Å². The van der Waals surface area contributed by atoms with E-state index in [2.05, 4.69) is 24.4 Å². The van der Waals surface area contributed by atoms with Crippen LogP contribution >= 0.6 is 0 Å². The van der Waals surface area contributed by atoms with E-state index in [1.165, 1.54) is 11.1 Å². The number of hydrogen-bond acceptors (Lipinski definition) is 3. The van der Waals surface area contributed by atoms with Gasteiger partial charge < -0.3 is 10.1 Å². The molecule has 2 atom stereocenters. The van der Waals surface area contributed by atoms with Gasteiger partial charge in [-0.25, -0.2) is 0 Å². The second-order valence-electron chi connectivity index (χ2n) is 5.44. The minimum Gasteiger partial charge on any atom is -0.497 e. The summed E-state index contributed by atoms with van der Waals surface area (Å²) in [6, 6.07) is 16.5. The molecule has 0 bridgehead atoms. The SMILES string of the molecule is COc1cccc(C[C@@H](C)NCc2ccc([S@](C)=O)cc2)c1. The molecule has 0 spiro atoms. The Morgan fingerprint density at radius 3 is 2.50 bits per heavy atom. The van der Waals surface area contributed by atoms with Gasteiger partial charge in [0.25, 0.3) is 0 Å². The van der Waals surface area contributed by atoms with Crippen molar-refractivity contribution in [2.75, 3.05) is 13.4 Å². The predicted molar refractivity (Wildman–Crippen MR) is 91.8 cm³/mol. The number of methoxy groups -OCH3 is 1. The molecule has 22 heavy (non-hydrogen) atoms. The van der Waals surface area contributed by atoms with Crippen LogP contribution in [0.1, 0.15) is 18.1 Å². The van der Waals surface area contributed by atoms with E-state index in [9.17, 15) is 4.21 Å². The highest BCUT2D eigenvalue weighted by atomic mass is 32.2. The zero-order valence-electron chi connectivity index (χ0n) is 13.3. The first-order chi connectivity index (χ1) is 10.6. The van der Waals surface area contributed by atoms with Crippen molar-refractivity contribution in [2.45, 2.75) is 30.8 Å². The first kappa shape index (κ1) is 16.7. The molecular weight excluding hydrogens is 294 g/mol. The van der Waals surface area contributed by atoms with Crippen molar-refractivity contribution < 1.29 is 8.95 Å². The van der Waals surface area contributed by atoms with Crippen LogP contribution in [-0.2, 0) is 23.8 Å². The van der Waals surface area contributed by atoms with Crippen molar-refractivity contribution in [1.29, 1.82) is 0 Å². The summed E-state index contributed by atoms with van der Waals surface area (Å²) in [5.41, 5.74) is 2.46. The van der Waals surface area contributed by atoms with Crippen LogP contribution in [0.5, 0.6) is 5.75 Å². The van der Waals surface area contributed by atoms with E-state index in [0.717, 1.165) is 23.6 Å². The minimum atomic E-state index is -0.912. The van der Waals surface area contributed by atoms with Gasteiger partial charge in [0, 0.05) is 34.5 Å². The lowest BCUT2D eigenvalue weighted by atomic mass is 10.1. The summed E-state index contributed by atoms with van der Waals surface area (Å²) >= 11 is 0. The van der Waals surface area contributed by atoms with Crippen LogP contribution in [0.15, 0.2) is 53.4 Å². The van der Waals surface area contributed by atoms with Gasteiger partial charge in [-0.1, -0.05) is 24.3 Å². The Bertz CT molecular complexity index is 625. The molecule has 2 aromatic carbocycles. The summed E-state index contributed by atoms with van der Waals surface area (Å²) in [4.78, 5) is 0.869. The minimum absolute atomic E-state index is 0.368. The quantitative estimate of drug-likeness (QED) is 0.852. The molecular formula is C18H23NO2S. The number of nitrogens with one attached hydrogen (secondary N) is 1. The fraction of sp³-hybridized carbons (Fsp3) is 0.333. The fourth-order valence-corrected chi connectivity index (χ4v) is 2.84. The molecule has 0 radical (unpaired) electrons. The zero-order valence-corrected chi connectivity index (χ0v) is 14.2. The maximum absolute atomic E-state index is 11.4. The molecule has 0 unspecified atom stereocenters. The normalized spacial score (nSPS) is 13.6. The maximum Gasteiger partial charge on any atom is 0.119 e. The molecule has 0 aliphatic rings. The predicted octanol–water partition coefficient (Wildman–Crippen LogP) is 3.15. The Kier molecular flexibility index (Phi) is 6.16. The third kappa shape index (κ3) is 4.97. The monoisotopic (exact) mass is 317 g/mol. The van der Waals surface area contributed by atoms with E-state index in [4.69, 9.17) is 4.74 Å². The Morgan fingerprint density at radius 1 is 1.14 bits per heavy atom. The molecule has 0 aromatic heterocycles. The highest BCUT2D eigenvalue weighted by Crippen LogP contribution is 2.14. The van der Waals surface area contributed by atoms with Crippen molar-refractivity contribution in [3.05, 3.63) is 59.7 Å². The highest BCUT2D eigenvalue weighted by Gasteiger charge is 2.05. The highest BCUT2D eigenvalue weighted by molar-refractivity contribution is 7.84. The van der Waals surface area contributed by atoms with Crippen molar-refractivity contribution in [3.63, 3.8) is 0 Å². The molecule has 2 rings (SSSR count). The van der Waals surface area contributed by atoms with Gasteiger partial charge in [0.05, 0.1) is 7.11 Å². The molecule has 3 nitrogen and oxygen atoms in total. The van der Waals surface area contributed by atoms with Crippen LogP contribution in [0.3, 0.4) is 0 Å². The van der Waals surface area contributed by atoms with Gasteiger partial charge in [-0.2, -0.15) is 0 Å². The van der Waals surface area contributed by atoms with Gasteiger partial charge in [-0.05, 0) is 48.7 Å². The first-order valence-corrected chi connectivity index (χ1v) is 8.93. The van der Waals surface area contributed by atoms with E-state index < -0.39 is 10.8 Å². The molecule has 0 saturated carbocycles. The lowest BCUT2D eigenvalue weighted by Gasteiger charge is -2.14. The van der Waals surface area contributed by atoms with Crippen LogP contribution in [0.2, 0.25) is 0 Å². The topological polar surface area (TPSA) is 38.3 Å². The van der Waals surface area contributed by atoms with Crippen molar-refractivity contribution >= 4 is 10.8 Å². The maximum atomic E-state index is 11.4. The molecule has 118 valence electrons. The van der Waals surface area contributed by atoms with Gasteiger partial charge in [0.15, 0.2) is 0 Å². The largest absolute Gasteiger partial charge is 0.497 e. The molecule has 0 aliphatic carbocycles. The van der Waals surface area contributed by atoms with Crippen LogP contribution in [-0.4, -0.2) is 23.6 Å². The molecule has 0 aliphatic heterocycles. The van der Waals surface area contributed by atoms with E-state index in [0.29, 0.717) is 6.04 Å². The zero-order chi connectivity index (χ0) is 15.9. The van der Waals surface area contributed by atoms with Crippen molar-refractivity contribution in [2.24, 2.45) is 0 Å². The van der Waals surface area contributed by atoms with Gasteiger partial charge in [-0.3, -0.25) is 4.21 Å². The molecule has 4 heteroatoms. The Morgan fingerprint density at radius 2 is 1.86 bits per heavy atom. The van der Waals surface area contributed by atoms with Crippen LogP contribution < -0.4 is 10.1 Å². The number of benzene rings is 2. The second kappa shape index (κ2) is 8.11. The summed E-state index contributed by atoms with van der Waals surface area (Å²) in [5.74, 6) is 0.896. The number of rotatable bonds is 7. The van der Waals surface area contributed by atoms with Crippen LogP contribution in [0, 0.1) is 0 Å². The molecule has 0 fully saturated rings. The van der Waals surface area contributed by atoms with E-state index >= 15 is 0 Å². The lowest BCUT2D eigenvalue weighted by molar-refractivity contribution is 0.414. The molecule has 0 heterocycles. The third-order valence-corrected chi connectivity index (χ3v) is 4.52. The van der Waals surface area contributed by atoms with Gasteiger partial charge in [0.1, 0.15) is 5.75 Å². The molecule has 0 amide bonds. The second-order valence-corrected chi connectivity index (χ2v) is 6.82. The van der Waals surface area contributed by atoms with E-state index in [-0.39, 0.29) is 0 Å². The van der Waals surface area contributed by atoms with Crippen LogP contribution in [0.4, 0.5) is 0 Å². The fourth-order valence-electron chi connectivity index (χ4n) is 2.32. The average molecular weight is 317 g/mol. The Labute approximate surface area is 135 Å². The summed E-state index contributed by atoms with van der Waals surface area (Å²) in [7, 11) is 0.776. The summed E-state index contributed by atoms with van der Waals surface area (Å²) < 4.78 is 16.6. The van der Waals surface area contributed by atoms with Crippen molar-refractivity contribution in [3.8, 4) is 5.75 Å². The van der Waals surface area contributed by atoms with Gasteiger partial charge in [0.2, 0.25) is 0 Å². The Hall–Kier alpha value is -1.65. The Balaban J connectivity index is 1.86. The number of hydrogen-bond donors (Lipinski definition) is 1. The summed E-state index contributed by atoms with van der Waals surface area (Å²) in [6.45, 7) is 2.98. The lowest BCUT2D eigenvalue weighted by Crippen LogP contribution is -2.27. The average Bonchev–Trinajstić information content (AvgIpc) is 2.53. The van der Waals surface area contributed by atoms with Crippen LogP contribution in [0.25, 0.3) is 0 Å². The standard InChI is InChI=1S/C18H23NO2S/c1-14(11-16-5-4-6-17(12-16)21-2)19-13-15-7-9-18(10-8-15)22(3)20/h4-10,12,14,19H,11,13H2,1-3H3/t14-,22+/m1/s1. The van der Waals surface area contributed by atoms with E-state index in [1.807, 2.05) is 36.4 Å². The van der Waals surface area contributed by atoms with Crippen molar-refractivity contribution in [1.82, 2.24) is 5.32 Å². The smallest absolute Gasteiger partial charge is 0.119 e. The third-order valence-electron chi connectivity index (χ3n) is 3.59. The van der Waals surface area contributed by atoms with Gasteiger partial charge in [-0.15, -0.1) is 0 Å².